The monoisotopic (exact) mass is 491 g/mol. The third kappa shape index (κ3) is 3.81. The van der Waals surface area contributed by atoms with Crippen molar-refractivity contribution in [3.63, 3.8) is 0 Å². The number of rotatable bonds is 2. The van der Waals surface area contributed by atoms with Crippen molar-refractivity contribution in [2.45, 2.75) is 58.3 Å². The van der Waals surface area contributed by atoms with Crippen LogP contribution in [0.5, 0.6) is 0 Å². The van der Waals surface area contributed by atoms with Crippen LogP contribution < -0.4 is 4.90 Å². The summed E-state index contributed by atoms with van der Waals surface area (Å²) in [5, 5.41) is 0. The van der Waals surface area contributed by atoms with Crippen LogP contribution in [0.1, 0.15) is 84.9 Å². The van der Waals surface area contributed by atoms with Crippen LogP contribution in [0, 0.1) is 0 Å². The quantitative estimate of drug-likeness (QED) is 0.333. The summed E-state index contributed by atoms with van der Waals surface area (Å²) in [7, 11) is 0. The molecule has 3 heterocycles. The minimum absolute atomic E-state index is 0.119. The number of ether oxygens (including phenoxy) is 1. The molecule has 0 atom stereocenters. The number of ketones is 2. The normalized spacial score (nSPS) is 21.5. The van der Waals surface area contributed by atoms with Gasteiger partial charge in [-0.1, -0.05) is 58.0 Å². The largest absolute Gasteiger partial charge is 0.462 e. The minimum atomic E-state index is -0.219. The Morgan fingerprint density at radius 1 is 0.838 bits per heavy atom. The molecule has 0 aromatic heterocycles. The number of Topliss-reactive ketones (excluding diaryl/α,β-unsaturated/α-hetero) is 2. The number of carbonyl (C=O) groups is 2. The molecule has 3 aliphatic heterocycles. The van der Waals surface area contributed by atoms with Gasteiger partial charge in [-0.25, -0.2) is 0 Å². The summed E-state index contributed by atoms with van der Waals surface area (Å²) in [6.07, 6.45) is 9.91. The fourth-order valence-electron chi connectivity index (χ4n) is 6.14. The van der Waals surface area contributed by atoms with Crippen LogP contribution in [0.4, 0.5) is 5.69 Å². The summed E-state index contributed by atoms with van der Waals surface area (Å²) < 4.78 is 6.00. The Morgan fingerprint density at radius 2 is 1.41 bits per heavy atom. The fourth-order valence-corrected chi connectivity index (χ4v) is 6.14. The van der Waals surface area contributed by atoms with E-state index in [9.17, 15) is 9.59 Å². The van der Waals surface area contributed by atoms with E-state index in [1.54, 1.807) is 36.4 Å². The molecule has 0 radical (unpaired) electrons. The van der Waals surface area contributed by atoms with Gasteiger partial charge in [0, 0.05) is 29.9 Å². The van der Waals surface area contributed by atoms with E-state index in [1.165, 1.54) is 16.8 Å². The van der Waals surface area contributed by atoms with E-state index < -0.39 is 0 Å². The van der Waals surface area contributed by atoms with Crippen LogP contribution in [0.25, 0.3) is 6.08 Å². The molecule has 4 heteroatoms. The standard InChI is InChI=1S/C33H33NO3/c1-20-16-22(28-30(35)24-8-6-7-9-25(24)31(28)36)19-23(37-20)11-10-21-17-26-29-27(18-21)33(4,5)13-15-34(29)14-12-32(26,2)3/h6-11,16-19H,12-15H2,1-5H3. The van der Waals surface area contributed by atoms with Crippen LogP contribution in [0.2, 0.25) is 0 Å². The zero-order valence-corrected chi connectivity index (χ0v) is 22.3. The number of hydrogen-bond donors (Lipinski definition) is 0. The molecule has 4 nitrogen and oxygen atoms in total. The van der Waals surface area contributed by atoms with Crippen LogP contribution in [0.3, 0.4) is 0 Å². The highest BCUT2D eigenvalue weighted by Crippen LogP contribution is 2.49. The molecular weight excluding hydrogens is 458 g/mol. The number of fused-ring (bicyclic) bond motifs is 1. The summed E-state index contributed by atoms with van der Waals surface area (Å²) in [5.41, 5.74) is 7.42. The van der Waals surface area contributed by atoms with Gasteiger partial charge in [0.2, 0.25) is 0 Å². The average Bonchev–Trinajstić information content (AvgIpc) is 3.11. The Bertz CT molecular complexity index is 1420. The van der Waals surface area contributed by atoms with E-state index in [-0.39, 0.29) is 28.0 Å². The second-order valence-corrected chi connectivity index (χ2v) is 12.0. The van der Waals surface area contributed by atoms with Gasteiger partial charge in [0.25, 0.3) is 0 Å². The molecule has 0 saturated carbocycles. The van der Waals surface area contributed by atoms with Crippen molar-refractivity contribution in [2.24, 2.45) is 0 Å². The molecule has 0 amide bonds. The Hall–Kier alpha value is -3.66. The molecule has 0 fully saturated rings. The van der Waals surface area contributed by atoms with Gasteiger partial charge in [0.1, 0.15) is 11.5 Å². The lowest BCUT2D eigenvalue weighted by atomic mass is 9.69. The first-order chi connectivity index (χ1) is 17.5. The zero-order valence-electron chi connectivity index (χ0n) is 22.3. The highest BCUT2D eigenvalue weighted by atomic mass is 16.5. The van der Waals surface area contributed by atoms with Crippen molar-refractivity contribution < 1.29 is 14.3 Å². The zero-order chi connectivity index (χ0) is 26.1. The Balaban J connectivity index is 1.40. The fraction of sp³-hybridized carbons (Fsp3) is 0.333. The predicted molar refractivity (Wildman–Crippen MR) is 148 cm³/mol. The molecule has 0 saturated heterocycles. The smallest absolute Gasteiger partial charge is 0.198 e. The molecule has 1 aliphatic carbocycles. The second kappa shape index (κ2) is 8.17. The van der Waals surface area contributed by atoms with Crippen LogP contribution in [-0.4, -0.2) is 24.7 Å². The molecular formula is C33H33NO3. The van der Waals surface area contributed by atoms with Crippen LogP contribution >= 0.6 is 0 Å². The lowest BCUT2D eigenvalue weighted by Gasteiger charge is -2.48. The summed E-state index contributed by atoms with van der Waals surface area (Å²) >= 11 is 0. The van der Waals surface area contributed by atoms with E-state index in [4.69, 9.17) is 4.74 Å². The summed E-state index contributed by atoms with van der Waals surface area (Å²) in [6.45, 7) is 13.5. The summed E-state index contributed by atoms with van der Waals surface area (Å²) in [6, 6.07) is 11.7. The summed E-state index contributed by atoms with van der Waals surface area (Å²) in [5.74, 6) is 0.832. The highest BCUT2D eigenvalue weighted by molar-refractivity contribution is 6.40. The van der Waals surface area contributed by atoms with E-state index in [0.717, 1.165) is 31.5 Å². The lowest BCUT2D eigenvalue weighted by Crippen LogP contribution is -2.44. The van der Waals surface area contributed by atoms with E-state index in [1.807, 2.05) is 13.0 Å². The lowest BCUT2D eigenvalue weighted by molar-refractivity contribution is 0.0987. The first kappa shape index (κ1) is 23.7. The molecule has 0 spiro atoms. The first-order valence-corrected chi connectivity index (χ1v) is 13.2. The topological polar surface area (TPSA) is 46.6 Å². The van der Waals surface area contributed by atoms with Crippen molar-refractivity contribution in [1.82, 2.24) is 0 Å². The maximum Gasteiger partial charge on any atom is 0.198 e. The van der Waals surface area contributed by atoms with Gasteiger partial charge < -0.3 is 9.64 Å². The number of nitrogens with zero attached hydrogens (tertiary/aromatic N) is 1. The SMILES string of the molecule is CC1=CC(=C2C(=O)c3ccccc3C2=O)C=C(C=Cc2cc3c4c(c2)C(C)(C)CCN4CCC3(C)C)O1. The number of allylic oxidation sites excluding steroid dienone is 6. The Labute approximate surface area is 219 Å². The summed E-state index contributed by atoms with van der Waals surface area (Å²) in [4.78, 5) is 28.7. The molecule has 0 unspecified atom stereocenters. The van der Waals surface area contributed by atoms with Gasteiger partial charge in [0.15, 0.2) is 11.6 Å². The van der Waals surface area contributed by atoms with Gasteiger partial charge in [0.05, 0.1) is 5.57 Å². The van der Waals surface area contributed by atoms with E-state index >= 15 is 0 Å². The maximum atomic E-state index is 13.1. The van der Waals surface area contributed by atoms with Crippen LogP contribution in [0.15, 0.2) is 77.3 Å². The number of carbonyl (C=O) groups excluding carboxylic acids is 2. The van der Waals surface area contributed by atoms with Crippen LogP contribution in [-0.2, 0) is 15.6 Å². The molecule has 2 aromatic carbocycles. The van der Waals surface area contributed by atoms with Gasteiger partial charge in [-0.05, 0) is 83.2 Å². The molecule has 0 bridgehead atoms. The average molecular weight is 492 g/mol. The Kier molecular flexibility index (Phi) is 5.24. The third-order valence-corrected chi connectivity index (χ3v) is 8.45. The molecule has 0 N–H and O–H groups in total. The number of hydrogen-bond acceptors (Lipinski definition) is 4. The van der Waals surface area contributed by atoms with Crippen molar-refractivity contribution >= 4 is 23.3 Å². The maximum absolute atomic E-state index is 13.1. The Morgan fingerprint density at radius 3 is 1.97 bits per heavy atom. The molecule has 4 aliphatic rings. The predicted octanol–water partition coefficient (Wildman–Crippen LogP) is 7.06. The van der Waals surface area contributed by atoms with Crippen molar-refractivity contribution in [3.8, 4) is 0 Å². The minimum Gasteiger partial charge on any atom is -0.462 e. The van der Waals surface area contributed by atoms with Gasteiger partial charge in [-0.3, -0.25) is 9.59 Å². The van der Waals surface area contributed by atoms with Crippen molar-refractivity contribution in [1.29, 1.82) is 0 Å². The van der Waals surface area contributed by atoms with E-state index in [2.05, 4.69) is 50.8 Å². The third-order valence-electron chi connectivity index (χ3n) is 8.45. The van der Waals surface area contributed by atoms with Crippen molar-refractivity contribution in [3.05, 3.63) is 105 Å². The van der Waals surface area contributed by atoms with Gasteiger partial charge in [-0.15, -0.1) is 0 Å². The molecule has 2 aromatic rings. The molecule has 37 heavy (non-hydrogen) atoms. The number of benzene rings is 2. The molecule has 6 rings (SSSR count). The van der Waals surface area contributed by atoms with Gasteiger partial charge in [-0.2, -0.15) is 0 Å². The number of anilines is 1. The van der Waals surface area contributed by atoms with Crippen molar-refractivity contribution in [2.75, 3.05) is 18.0 Å². The highest BCUT2D eigenvalue weighted by Gasteiger charge is 2.40. The molecule has 188 valence electrons. The van der Waals surface area contributed by atoms with E-state index in [0.29, 0.717) is 28.2 Å². The second-order valence-electron chi connectivity index (χ2n) is 12.0. The first-order valence-electron chi connectivity index (χ1n) is 13.2. The van der Waals surface area contributed by atoms with Gasteiger partial charge >= 0.3 is 0 Å².